The fourth-order valence-electron chi connectivity index (χ4n) is 3.50. The molecule has 0 fully saturated rings. The molecular formula is C21H24N2O4S. The Morgan fingerprint density at radius 3 is 2.25 bits per heavy atom. The molecule has 6 nitrogen and oxygen atoms in total. The Bertz CT molecular complexity index is 1030. The molecule has 7 heteroatoms. The van der Waals surface area contributed by atoms with Gasteiger partial charge in [0.05, 0.1) is 4.90 Å². The van der Waals surface area contributed by atoms with Crippen LogP contribution in [0.3, 0.4) is 0 Å². The maximum atomic E-state index is 13.2. The van der Waals surface area contributed by atoms with Crippen molar-refractivity contribution in [3.63, 3.8) is 0 Å². The number of fused-ring (bicyclic) bond motifs is 1. The zero-order valence-corrected chi connectivity index (χ0v) is 17.3. The second-order valence-corrected chi connectivity index (χ2v) is 9.31. The minimum Gasteiger partial charge on any atom is -0.312 e. The van der Waals surface area contributed by atoms with E-state index in [-0.39, 0.29) is 22.8 Å². The lowest BCUT2D eigenvalue weighted by atomic mass is 10.1. The third-order valence-corrected chi connectivity index (χ3v) is 6.01. The number of hydrogen-bond donors (Lipinski definition) is 0. The van der Waals surface area contributed by atoms with Gasteiger partial charge < -0.3 is 9.80 Å². The van der Waals surface area contributed by atoms with Gasteiger partial charge in [0.25, 0.3) is 5.91 Å². The van der Waals surface area contributed by atoms with E-state index in [1.807, 2.05) is 26.0 Å². The van der Waals surface area contributed by atoms with Crippen LogP contribution in [-0.4, -0.2) is 39.1 Å². The van der Waals surface area contributed by atoms with Crippen molar-refractivity contribution in [2.24, 2.45) is 0 Å². The molecule has 0 spiro atoms. The molecule has 1 heterocycles. The van der Waals surface area contributed by atoms with Gasteiger partial charge in [-0.15, -0.1) is 0 Å². The Morgan fingerprint density at radius 1 is 1.07 bits per heavy atom. The second kappa shape index (κ2) is 7.39. The van der Waals surface area contributed by atoms with E-state index in [0.29, 0.717) is 17.8 Å². The molecule has 2 aromatic rings. The first-order valence-corrected chi connectivity index (χ1v) is 11.0. The molecule has 148 valence electrons. The van der Waals surface area contributed by atoms with E-state index in [1.54, 1.807) is 28.0 Å². The zero-order chi connectivity index (χ0) is 20.6. The van der Waals surface area contributed by atoms with Gasteiger partial charge in [-0.1, -0.05) is 0 Å². The maximum absolute atomic E-state index is 13.2. The van der Waals surface area contributed by atoms with E-state index < -0.39 is 9.84 Å². The van der Waals surface area contributed by atoms with Gasteiger partial charge in [0.1, 0.15) is 0 Å². The average Bonchev–Trinajstić information content (AvgIpc) is 3.04. The molecule has 0 atom stereocenters. The van der Waals surface area contributed by atoms with Crippen molar-refractivity contribution >= 4 is 33.0 Å². The molecule has 3 rings (SSSR count). The summed E-state index contributed by atoms with van der Waals surface area (Å²) in [5.41, 5.74) is 3.03. The van der Waals surface area contributed by atoms with E-state index in [4.69, 9.17) is 0 Å². The van der Waals surface area contributed by atoms with Crippen molar-refractivity contribution < 1.29 is 18.0 Å². The highest BCUT2D eigenvalue weighted by molar-refractivity contribution is 7.90. The summed E-state index contributed by atoms with van der Waals surface area (Å²) < 4.78 is 23.4. The quantitative estimate of drug-likeness (QED) is 0.791. The van der Waals surface area contributed by atoms with Crippen molar-refractivity contribution in [1.82, 2.24) is 0 Å². The summed E-state index contributed by atoms with van der Waals surface area (Å²) in [6, 6.07) is 11.6. The zero-order valence-electron chi connectivity index (χ0n) is 16.5. The Kier molecular flexibility index (Phi) is 5.30. The summed E-state index contributed by atoms with van der Waals surface area (Å²) in [6.07, 6.45) is 1.88. The van der Waals surface area contributed by atoms with Gasteiger partial charge >= 0.3 is 0 Å². The molecule has 2 amide bonds. The van der Waals surface area contributed by atoms with Gasteiger partial charge in [0, 0.05) is 42.7 Å². The molecule has 0 aliphatic carbocycles. The highest BCUT2D eigenvalue weighted by atomic mass is 32.2. The number of amides is 2. The van der Waals surface area contributed by atoms with Gasteiger partial charge in [0.2, 0.25) is 5.91 Å². The van der Waals surface area contributed by atoms with E-state index in [1.165, 1.54) is 19.1 Å². The molecule has 2 aromatic carbocycles. The average molecular weight is 401 g/mol. The predicted octanol–water partition coefficient (Wildman–Crippen LogP) is 3.05. The van der Waals surface area contributed by atoms with Crippen LogP contribution in [0.5, 0.6) is 0 Å². The lowest BCUT2D eigenvalue weighted by Crippen LogP contribution is -2.37. The molecule has 0 bridgehead atoms. The van der Waals surface area contributed by atoms with Crippen molar-refractivity contribution in [1.29, 1.82) is 0 Å². The first-order valence-electron chi connectivity index (χ1n) is 9.14. The highest BCUT2D eigenvalue weighted by Crippen LogP contribution is 2.30. The number of hydrogen-bond acceptors (Lipinski definition) is 4. The summed E-state index contributed by atoms with van der Waals surface area (Å²) in [5, 5.41) is 0. The smallest absolute Gasteiger partial charge is 0.258 e. The minimum atomic E-state index is -3.29. The molecule has 0 radical (unpaired) electrons. The Labute approximate surface area is 165 Å². The predicted molar refractivity (Wildman–Crippen MR) is 110 cm³/mol. The molecule has 0 saturated carbocycles. The maximum Gasteiger partial charge on any atom is 0.258 e. The van der Waals surface area contributed by atoms with Gasteiger partial charge in [-0.05, 0) is 68.3 Å². The van der Waals surface area contributed by atoms with Gasteiger partial charge in [0.15, 0.2) is 9.84 Å². The van der Waals surface area contributed by atoms with Crippen molar-refractivity contribution in [2.75, 3.05) is 22.6 Å². The largest absolute Gasteiger partial charge is 0.312 e. The summed E-state index contributed by atoms with van der Waals surface area (Å²) in [7, 11) is -3.29. The number of carbonyl (C=O) groups is 2. The van der Waals surface area contributed by atoms with Crippen LogP contribution < -0.4 is 9.80 Å². The second-order valence-electron chi connectivity index (χ2n) is 7.30. The fraction of sp³-hybridized carbons (Fsp3) is 0.333. The SMILES string of the molecule is CC(=O)N1CCc2cc(C(=O)N(c3ccc(S(C)(=O)=O)cc3)C(C)C)ccc21. The van der Waals surface area contributed by atoms with Crippen molar-refractivity contribution in [3.8, 4) is 0 Å². The molecule has 28 heavy (non-hydrogen) atoms. The van der Waals surface area contributed by atoms with E-state index in [2.05, 4.69) is 0 Å². The molecule has 1 aliphatic rings. The summed E-state index contributed by atoms with van der Waals surface area (Å²) >= 11 is 0. The number of benzene rings is 2. The topological polar surface area (TPSA) is 74.8 Å². The van der Waals surface area contributed by atoms with Gasteiger partial charge in [-0.2, -0.15) is 0 Å². The van der Waals surface area contributed by atoms with Crippen LogP contribution in [0, 0.1) is 0 Å². The number of sulfone groups is 1. The third kappa shape index (κ3) is 3.80. The van der Waals surface area contributed by atoms with Crippen LogP contribution in [-0.2, 0) is 21.1 Å². The number of anilines is 2. The minimum absolute atomic E-state index is 0.00685. The Hall–Kier alpha value is -2.67. The molecule has 1 aliphatic heterocycles. The summed E-state index contributed by atoms with van der Waals surface area (Å²) in [6.45, 7) is 5.98. The molecule has 0 N–H and O–H groups in total. The normalized spacial score (nSPS) is 13.5. The fourth-order valence-corrected chi connectivity index (χ4v) is 4.14. The van der Waals surface area contributed by atoms with Gasteiger partial charge in [-0.25, -0.2) is 8.42 Å². The number of rotatable bonds is 4. The lowest BCUT2D eigenvalue weighted by Gasteiger charge is -2.27. The Balaban J connectivity index is 1.94. The van der Waals surface area contributed by atoms with E-state index in [0.717, 1.165) is 23.9 Å². The van der Waals surface area contributed by atoms with Crippen LogP contribution in [0.15, 0.2) is 47.4 Å². The van der Waals surface area contributed by atoms with Crippen LogP contribution in [0.4, 0.5) is 11.4 Å². The molecule has 0 unspecified atom stereocenters. The van der Waals surface area contributed by atoms with Crippen LogP contribution in [0.2, 0.25) is 0 Å². The lowest BCUT2D eigenvalue weighted by molar-refractivity contribution is -0.116. The van der Waals surface area contributed by atoms with Crippen LogP contribution in [0.1, 0.15) is 36.7 Å². The molecular weight excluding hydrogens is 376 g/mol. The number of carbonyl (C=O) groups excluding carboxylic acids is 2. The van der Waals surface area contributed by atoms with E-state index in [9.17, 15) is 18.0 Å². The molecule has 0 saturated heterocycles. The van der Waals surface area contributed by atoms with Crippen molar-refractivity contribution in [3.05, 3.63) is 53.6 Å². The first kappa shape index (κ1) is 20.1. The van der Waals surface area contributed by atoms with Crippen LogP contribution in [0.25, 0.3) is 0 Å². The molecule has 0 aromatic heterocycles. The van der Waals surface area contributed by atoms with Crippen molar-refractivity contribution in [2.45, 2.75) is 38.1 Å². The first-order chi connectivity index (χ1) is 13.1. The third-order valence-electron chi connectivity index (χ3n) is 4.88. The van der Waals surface area contributed by atoms with E-state index >= 15 is 0 Å². The monoisotopic (exact) mass is 400 g/mol. The standard InChI is InChI=1S/C21H24N2O4S/c1-14(2)23(18-6-8-19(9-7-18)28(4,26)27)21(25)17-5-10-20-16(13-17)11-12-22(20)15(3)24/h5-10,13-14H,11-12H2,1-4H3. The number of nitrogens with zero attached hydrogens (tertiary/aromatic N) is 2. The van der Waals surface area contributed by atoms with Gasteiger partial charge in [-0.3, -0.25) is 9.59 Å². The Morgan fingerprint density at radius 2 is 1.71 bits per heavy atom. The highest BCUT2D eigenvalue weighted by Gasteiger charge is 2.26. The summed E-state index contributed by atoms with van der Waals surface area (Å²) in [5.74, 6) is -0.168. The summed E-state index contributed by atoms with van der Waals surface area (Å²) in [4.78, 5) is 28.5. The van der Waals surface area contributed by atoms with Crippen LogP contribution >= 0.6 is 0 Å².